The Morgan fingerprint density at radius 1 is 1.11 bits per heavy atom. The van der Waals surface area contributed by atoms with Gasteiger partial charge in [0.2, 0.25) is 0 Å². The van der Waals surface area contributed by atoms with Crippen molar-refractivity contribution in [2.24, 2.45) is 5.92 Å². The third kappa shape index (κ3) is 4.48. The van der Waals surface area contributed by atoms with Gasteiger partial charge in [-0.2, -0.15) is 0 Å². The van der Waals surface area contributed by atoms with E-state index in [0.717, 1.165) is 56.8 Å². The van der Waals surface area contributed by atoms with Gasteiger partial charge in [0.05, 0.1) is 0 Å². The summed E-state index contributed by atoms with van der Waals surface area (Å²) in [5.74, 6) is 1.66. The fourth-order valence-corrected chi connectivity index (χ4v) is 4.06. The zero-order valence-electron chi connectivity index (χ0n) is 15.6. The zero-order valence-corrected chi connectivity index (χ0v) is 15.6. The molecule has 27 heavy (non-hydrogen) atoms. The molecule has 1 N–H and O–H groups in total. The number of pyridine rings is 1. The predicted molar refractivity (Wildman–Crippen MR) is 105 cm³/mol. The molecule has 1 atom stereocenters. The summed E-state index contributed by atoms with van der Waals surface area (Å²) in [6, 6.07) is 11.9. The second kappa shape index (κ2) is 8.53. The standard InChI is InChI=1S/C22H27N3O2/c26-22(21-4-2-1-3-18(21)15-17-5-10-24-16-17)25-13-8-20(9-14-25)27-19-6-11-23-12-7-19/h1-4,6-7,11-12,17,20,24H,5,8-10,13-16H2. The number of hydrogen-bond acceptors (Lipinski definition) is 4. The molecule has 0 saturated carbocycles. The molecule has 1 aromatic heterocycles. The van der Waals surface area contributed by atoms with Crippen LogP contribution in [0.1, 0.15) is 35.2 Å². The normalized spacial score (nSPS) is 20.6. The van der Waals surface area contributed by atoms with Gasteiger partial charge in [-0.15, -0.1) is 0 Å². The number of ether oxygens (including phenoxy) is 1. The van der Waals surface area contributed by atoms with E-state index in [4.69, 9.17) is 4.74 Å². The van der Waals surface area contributed by atoms with Crippen molar-refractivity contribution in [3.05, 3.63) is 59.9 Å². The van der Waals surface area contributed by atoms with Gasteiger partial charge in [0, 0.05) is 43.9 Å². The van der Waals surface area contributed by atoms with Gasteiger partial charge in [0.15, 0.2) is 0 Å². The Labute approximate surface area is 160 Å². The van der Waals surface area contributed by atoms with Crippen molar-refractivity contribution in [2.75, 3.05) is 26.2 Å². The van der Waals surface area contributed by atoms with Gasteiger partial charge in [-0.3, -0.25) is 9.78 Å². The predicted octanol–water partition coefficient (Wildman–Crippen LogP) is 2.92. The van der Waals surface area contributed by atoms with Gasteiger partial charge in [0.1, 0.15) is 11.9 Å². The summed E-state index contributed by atoms with van der Waals surface area (Å²) in [6.45, 7) is 3.63. The van der Waals surface area contributed by atoms with Crippen LogP contribution in [-0.2, 0) is 6.42 Å². The molecule has 0 spiro atoms. The van der Waals surface area contributed by atoms with E-state index in [9.17, 15) is 4.79 Å². The van der Waals surface area contributed by atoms with E-state index in [2.05, 4.69) is 16.4 Å². The number of rotatable bonds is 5. The molecule has 2 aliphatic heterocycles. The van der Waals surface area contributed by atoms with Crippen LogP contribution < -0.4 is 10.1 Å². The molecule has 4 rings (SSSR count). The Balaban J connectivity index is 1.36. The summed E-state index contributed by atoms with van der Waals surface area (Å²) in [7, 11) is 0. The number of carbonyl (C=O) groups is 1. The molecule has 0 bridgehead atoms. The minimum atomic E-state index is 0.163. The summed E-state index contributed by atoms with van der Waals surface area (Å²) in [5.41, 5.74) is 2.06. The first-order valence-corrected chi connectivity index (χ1v) is 9.94. The maximum Gasteiger partial charge on any atom is 0.254 e. The number of aromatic nitrogens is 1. The maximum absolute atomic E-state index is 13.1. The summed E-state index contributed by atoms with van der Waals surface area (Å²) < 4.78 is 6.02. The smallest absolute Gasteiger partial charge is 0.254 e. The number of carbonyl (C=O) groups excluding carboxylic acids is 1. The highest BCUT2D eigenvalue weighted by Gasteiger charge is 2.26. The van der Waals surface area contributed by atoms with Gasteiger partial charge >= 0.3 is 0 Å². The average molecular weight is 365 g/mol. The second-order valence-electron chi connectivity index (χ2n) is 7.51. The highest BCUT2D eigenvalue weighted by atomic mass is 16.5. The molecular formula is C22H27N3O2. The van der Waals surface area contributed by atoms with E-state index in [0.29, 0.717) is 5.92 Å². The molecule has 2 aliphatic rings. The minimum absolute atomic E-state index is 0.163. The SMILES string of the molecule is O=C(c1ccccc1CC1CCNC1)N1CCC(Oc2ccncc2)CC1. The van der Waals surface area contributed by atoms with Crippen LogP contribution in [0.15, 0.2) is 48.8 Å². The molecule has 2 fully saturated rings. The Kier molecular flexibility index (Phi) is 5.68. The van der Waals surface area contributed by atoms with Crippen LogP contribution >= 0.6 is 0 Å². The Hall–Kier alpha value is -2.40. The highest BCUT2D eigenvalue weighted by Crippen LogP contribution is 2.23. The van der Waals surface area contributed by atoms with Crippen molar-refractivity contribution in [3.63, 3.8) is 0 Å². The topological polar surface area (TPSA) is 54.5 Å². The summed E-state index contributed by atoms with van der Waals surface area (Å²) in [6.07, 6.45) is 7.55. The number of benzene rings is 1. The van der Waals surface area contributed by atoms with E-state index in [1.165, 1.54) is 12.0 Å². The van der Waals surface area contributed by atoms with Gasteiger partial charge in [-0.25, -0.2) is 0 Å². The van der Waals surface area contributed by atoms with Crippen LogP contribution in [0.2, 0.25) is 0 Å². The molecule has 2 aromatic rings. The number of nitrogens with one attached hydrogen (secondary N) is 1. The fraction of sp³-hybridized carbons (Fsp3) is 0.455. The molecule has 2 saturated heterocycles. The quantitative estimate of drug-likeness (QED) is 0.885. The van der Waals surface area contributed by atoms with Crippen LogP contribution in [0, 0.1) is 5.92 Å². The van der Waals surface area contributed by atoms with Crippen LogP contribution in [-0.4, -0.2) is 48.1 Å². The molecule has 0 aliphatic carbocycles. The molecule has 1 unspecified atom stereocenters. The summed E-state index contributed by atoms with van der Waals surface area (Å²) in [4.78, 5) is 19.1. The van der Waals surface area contributed by atoms with Crippen molar-refractivity contribution >= 4 is 5.91 Å². The molecule has 5 heteroatoms. The van der Waals surface area contributed by atoms with Crippen LogP contribution in [0.5, 0.6) is 5.75 Å². The van der Waals surface area contributed by atoms with E-state index in [-0.39, 0.29) is 12.0 Å². The molecule has 1 amide bonds. The zero-order chi connectivity index (χ0) is 18.5. The van der Waals surface area contributed by atoms with Gasteiger partial charge < -0.3 is 15.0 Å². The van der Waals surface area contributed by atoms with E-state index in [1.807, 2.05) is 35.2 Å². The minimum Gasteiger partial charge on any atom is -0.490 e. The Morgan fingerprint density at radius 2 is 1.89 bits per heavy atom. The monoisotopic (exact) mass is 365 g/mol. The first-order chi connectivity index (χ1) is 13.3. The number of nitrogens with zero attached hydrogens (tertiary/aromatic N) is 2. The molecular weight excluding hydrogens is 338 g/mol. The molecule has 1 aromatic carbocycles. The fourth-order valence-electron chi connectivity index (χ4n) is 4.06. The van der Waals surface area contributed by atoms with Crippen LogP contribution in [0.4, 0.5) is 0 Å². The van der Waals surface area contributed by atoms with Crippen molar-refractivity contribution < 1.29 is 9.53 Å². The Bertz CT molecular complexity index is 751. The number of hydrogen-bond donors (Lipinski definition) is 1. The Morgan fingerprint density at radius 3 is 2.63 bits per heavy atom. The van der Waals surface area contributed by atoms with Gasteiger partial charge in [-0.1, -0.05) is 18.2 Å². The average Bonchev–Trinajstić information content (AvgIpc) is 3.22. The van der Waals surface area contributed by atoms with Gasteiger partial charge in [-0.05, 0) is 55.6 Å². The van der Waals surface area contributed by atoms with Crippen LogP contribution in [0.25, 0.3) is 0 Å². The lowest BCUT2D eigenvalue weighted by atomic mass is 9.94. The summed E-state index contributed by atoms with van der Waals surface area (Å²) >= 11 is 0. The lowest BCUT2D eigenvalue weighted by Crippen LogP contribution is -2.42. The maximum atomic E-state index is 13.1. The molecule has 142 valence electrons. The number of piperidine rings is 1. The van der Waals surface area contributed by atoms with E-state index >= 15 is 0 Å². The summed E-state index contributed by atoms with van der Waals surface area (Å²) in [5, 5.41) is 3.42. The van der Waals surface area contributed by atoms with E-state index < -0.39 is 0 Å². The lowest BCUT2D eigenvalue weighted by molar-refractivity contribution is 0.0594. The molecule has 0 radical (unpaired) electrons. The van der Waals surface area contributed by atoms with E-state index in [1.54, 1.807) is 12.4 Å². The van der Waals surface area contributed by atoms with Crippen molar-refractivity contribution in [3.8, 4) is 5.75 Å². The molecule has 5 nitrogen and oxygen atoms in total. The van der Waals surface area contributed by atoms with Crippen LogP contribution in [0.3, 0.4) is 0 Å². The first kappa shape index (κ1) is 18.0. The molecule has 3 heterocycles. The number of likely N-dealkylation sites (tertiary alicyclic amines) is 1. The van der Waals surface area contributed by atoms with Crippen molar-refractivity contribution in [1.82, 2.24) is 15.2 Å². The highest BCUT2D eigenvalue weighted by molar-refractivity contribution is 5.95. The van der Waals surface area contributed by atoms with Crippen molar-refractivity contribution in [2.45, 2.75) is 31.8 Å². The second-order valence-corrected chi connectivity index (χ2v) is 7.51. The van der Waals surface area contributed by atoms with Gasteiger partial charge in [0.25, 0.3) is 5.91 Å². The largest absolute Gasteiger partial charge is 0.490 e. The van der Waals surface area contributed by atoms with Crippen molar-refractivity contribution in [1.29, 1.82) is 0 Å². The lowest BCUT2D eigenvalue weighted by Gasteiger charge is -2.32. The first-order valence-electron chi connectivity index (χ1n) is 9.94. The number of amides is 1. The third-order valence-corrected chi connectivity index (χ3v) is 5.60. The third-order valence-electron chi connectivity index (χ3n) is 5.60.